The predicted molar refractivity (Wildman–Crippen MR) is 81.5 cm³/mol. The summed E-state index contributed by atoms with van der Waals surface area (Å²) >= 11 is 11.7. The lowest BCUT2D eigenvalue weighted by molar-refractivity contribution is 0.0947. The van der Waals surface area contributed by atoms with Gasteiger partial charge in [-0.3, -0.25) is 4.79 Å². The summed E-state index contributed by atoms with van der Waals surface area (Å²) < 4.78 is 0. The highest BCUT2D eigenvalue weighted by atomic mass is 35.5. The molecule has 4 nitrogen and oxygen atoms in total. The van der Waals surface area contributed by atoms with Gasteiger partial charge in [-0.1, -0.05) is 36.0 Å². The van der Waals surface area contributed by atoms with E-state index in [1.807, 2.05) is 0 Å². The van der Waals surface area contributed by atoms with Crippen molar-refractivity contribution in [3.63, 3.8) is 0 Å². The van der Waals surface area contributed by atoms with Crippen molar-refractivity contribution in [2.75, 3.05) is 20.1 Å². The summed E-state index contributed by atoms with van der Waals surface area (Å²) in [5, 5.41) is 3.45. The quantitative estimate of drug-likeness (QED) is 0.850. The number of pyridine rings is 1. The third-order valence-corrected chi connectivity index (χ3v) is 4.27. The van der Waals surface area contributed by atoms with Crippen molar-refractivity contribution in [2.24, 2.45) is 0 Å². The molecule has 0 atom stereocenters. The molecular formula is C14H19Cl2N3O. The number of nitrogens with zero attached hydrogens (tertiary/aromatic N) is 2. The van der Waals surface area contributed by atoms with Gasteiger partial charge in [0, 0.05) is 25.3 Å². The van der Waals surface area contributed by atoms with E-state index >= 15 is 0 Å². The van der Waals surface area contributed by atoms with Gasteiger partial charge in [0.15, 0.2) is 0 Å². The first-order chi connectivity index (χ1) is 9.58. The zero-order valence-electron chi connectivity index (χ0n) is 11.5. The molecule has 0 spiro atoms. The van der Waals surface area contributed by atoms with Crippen molar-refractivity contribution in [3.8, 4) is 0 Å². The van der Waals surface area contributed by atoms with Crippen LogP contribution in [0.3, 0.4) is 0 Å². The summed E-state index contributed by atoms with van der Waals surface area (Å²) in [4.78, 5) is 18.2. The maximum atomic E-state index is 12.0. The molecule has 1 heterocycles. The van der Waals surface area contributed by atoms with Crippen molar-refractivity contribution < 1.29 is 4.79 Å². The van der Waals surface area contributed by atoms with Crippen LogP contribution in [0.25, 0.3) is 0 Å². The van der Waals surface area contributed by atoms with Crippen LogP contribution in [0.15, 0.2) is 12.3 Å². The molecule has 1 N–H and O–H groups in total. The third-order valence-electron chi connectivity index (χ3n) is 3.76. The molecule has 110 valence electrons. The second-order valence-electron chi connectivity index (χ2n) is 5.16. The SMILES string of the molecule is CN(CCNC(=O)c1cc(Cl)ncc1Cl)C1CCCC1. The molecule has 0 bridgehead atoms. The summed E-state index contributed by atoms with van der Waals surface area (Å²) in [5.74, 6) is -0.209. The molecule has 0 radical (unpaired) electrons. The molecule has 1 amide bonds. The van der Waals surface area contributed by atoms with Crippen molar-refractivity contribution in [1.29, 1.82) is 0 Å². The van der Waals surface area contributed by atoms with E-state index < -0.39 is 0 Å². The van der Waals surface area contributed by atoms with Crippen molar-refractivity contribution in [1.82, 2.24) is 15.2 Å². The lowest BCUT2D eigenvalue weighted by atomic mass is 10.2. The van der Waals surface area contributed by atoms with E-state index in [4.69, 9.17) is 23.2 Å². The van der Waals surface area contributed by atoms with Crippen molar-refractivity contribution in [2.45, 2.75) is 31.7 Å². The Bertz CT molecular complexity index is 475. The van der Waals surface area contributed by atoms with Gasteiger partial charge < -0.3 is 10.2 Å². The topological polar surface area (TPSA) is 45.2 Å². The highest BCUT2D eigenvalue weighted by Gasteiger charge is 2.19. The molecule has 2 rings (SSSR count). The molecule has 0 aliphatic heterocycles. The van der Waals surface area contributed by atoms with Gasteiger partial charge in [-0.15, -0.1) is 0 Å². The van der Waals surface area contributed by atoms with E-state index in [-0.39, 0.29) is 11.1 Å². The number of hydrogen-bond acceptors (Lipinski definition) is 3. The molecule has 1 aliphatic rings. The molecule has 1 fully saturated rings. The summed E-state index contributed by atoms with van der Waals surface area (Å²) in [6.45, 7) is 1.44. The van der Waals surface area contributed by atoms with Crippen LogP contribution in [0, 0.1) is 0 Å². The van der Waals surface area contributed by atoms with Crippen LogP contribution in [0.5, 0.6) is 0 Å². The van der Waals surface area contributed by atoms with Gasteiger partial charge >= 0.3 is 0 Å². The maximum absolute atomic E-state index is 12.0. The Morgan fingerprint density at radius 1 is 1.45 bits per heavy atom. The molecular weight excluding hydrogens is 297 g/mol. The second-order valence-corrected chi connectivity index (χ2v) is 5.96. The first-order valence-corrected chi connectivity index (χ1v) is 7.63. The molecule has 0 aromatic carbocycles. The predicted octanol–water partition coefficient (Wildman–Crippen LogP) is 2.99. The second kappa shape index (κ2) is 7.25. The first-order valence-electron chi connectivity index (χ1n) is 6.87. The number of likely N-dealkylation sites (N-methyl/N-ethyl adjacent to an activating group) is 1. The lowest BCUT2D eigenvalue weighted by Gasteiger charge is -2.23. The van der Waals surface area contributed by atoms with Gasteiger partial charge in [0.05, 0.1) is 10.6 Å². The molecule has 1 aromatic heterocycles. The minimum atomic E-state index is -0.209. The Kier molecular flexibility index (Phi) is 5.64. The fourth-order valence-electron chi connectivity index (χ4n) is 2.56. The van der Waals surface area contributed by atoms with Gasteiger partial charge in [0.2, 0.25) is 0 Å². The summed E-state index contributed by atoms with van der Waals surface area (Å²) in [6, 6.07) is 2.14. The van der Waals surface area contributed by atoms with Gasteiger partial charge in [-0.2, -0.15) is 0 Å². The maximum Gasteiger partial charge on any atom is 0.253 e. The molecule has 0 unspecified atom stereocenters. The van der Waals surface area contributed by atoms with Crippen LogP contribution in [0.1, 0.15) is 36.0 Å². The number of amides is 1. The normalized spacial score (nSPS) is 15.8. The minimum Gasteiger partial charge on any atom is -0.351 e. The number of carbonyl (C=O) groups excluding carboxylic acids is 1. The first kappa shape index (κ1) is 15.5. The van der Waals surface area contributed by atoms with E-state index in [0.717, 1.165) is 6.54 Å². The van der Waals surface area contributed by atoms with Crippen molar-refractivity contribution >= 4 is 29.1 Å². The monoisotopic (exact) mass is 315 g/mol. The fraction of sp³-hybridized carbons (Fsp3) is 0.571. The van der Waals surface area contributed by atoms with Crippen LogP contribution in [-0.4, -0.2) is 42.0 Å². The zero-order valence-corrected chi connectivity index (χ0v) is 13.0. The number of aromatic nitrogens is 1. The number of halogens is 2. The van der Waals surface area contributed by atoms with Crippen LogP contribution in [0.4, 0.5) is 0 Å². The zero-order chi connectivity index (χ0) is 14.5. The summed E-state index contributed by atoms with van der Waals surface area (Å²) in [6.07, 6.45) is 6.54. The molecule has 1 saturated carbocycles. The van der Waals surface area contributed by atoms with E-state index in [1.54, 1.807) is 0 Å². The molecule has 0 saturated heterocycles. The van der Waals surface area contributed by atoms with E-state index in [9.17, 15) is 4.79 Å². The number of carbonyl (C=O) groups is 1. The Hall–Kier alpha value is -0.840. The van der Waals surface area contributed by atoms with Gasteiger partial charge in [-0.05, 0) is 26.0 Å². The van der Waals surface area contributed by atoms with E-state index in [2.05, 4.69) is 22.2 Å². The summed E-state index contributed by atoms with van der Waals surface area (Å²) in [5.41, 5.74) is 0.371. The number of nitrogens with one attached hydrogen (secondary N) is 1. The lowest BCUT2D eigenvalue weighted by Crippen LogP contribution is -2.37. The Morgan fingerprint density at radius 3 is 2.85 bits per heavy atom. The average molecular weight is 316 g/mol. The largest absolute Gasteiger partial charge is 0.351 e. The average Bonchev–Trinajstić information content (AvgIpc) is 2.95. The van der Waals surface area contributed by atoms with Crippen LogP contribution < -0.4 is 5.32 Å². The van der Waals surface area contributed by atoms with Crippen LogP contribution >= 0.6 is 23.2 Å². The van der Waals surface area contributed by atoms with Gasteiger partial charge in [0.25, 0.3) is 5.91 Å². The number of hydrogen-bond donors (Lipinski definition) is 1. The molecule has 20 heavy (non-hydrogen) atoms. The molecule has 6 heteroatoms. The van der Waals surface area contributed by atoms with E-state index in [1.165, 1.54) is 37.9 Å². The van der Waals surface area contributed by atoms with Crippen LogP contribution in [-0.2, 0) is 0 Å². The molecule has 1 aliphatic carbocycles. The van der Waals surface area contributed by atoms with Crippen LogP contribution in [0.2, 0.25) is 10.2 Å². The Morgan fingerprint density at radius 2 is 2.15 bits per heavy atom. The highest BCUT2D eigenvalue weighted by molar-refractivity contribution is 6.35. The summed E-state index contributed by atoms with van der Waals surface area (Å²) in [7, 11) is 2.11. The Balaban J connectivity index is 1.81. The Labute approximate surface area is 129 Å². The van der Waals surface area contributed by atoms with Crippen molar-refractivity contribution in [3.05, 3.63) is 28.0 Å². The van der Waals surface area contributed by atoms with Gasteiger partial charge in [0.1, 0.15) is 5.15 Å². The fourth-order valence-corrected chi connectivity index (χ4v) is 2.90. The third kappa shape index (κ3) is 4.08. The number of rotatable bonds is 5. The minimum absolute atomic E-state index is 0.209. The standard InChI is InChI=1S/C14H19Cl2N3O/c1-19(10-4-2-3-5-10)7-6-17-14(20)11-8-13(16)18-9-12(11)15/h8-10H,2-7H2,1H3,(H,17,20). The smallest absolute Gasteiger partial charge is 0.253 e. The molecule has 1 aromatic rings. The van der Waals surface area contributed by atoms with E-state index in [0.29, 0.717) is 23.2 Å². The van der Waals surface area contributed by atoms with Gasteiger partial charge in [-0.25, -0.2) is 4.98 Å². The highest BCUT2D eigenvalue weighted by Crippen LogP contribution is 2.22.